The average Bonchev–Trinajstić information content (AvgIpc) is 2.67. The second-order valence-corrected chi connectivity index (χ2v) is 2.95. The summed E-state index contributed by atoms with van der Waals surface area (Å²) in [6, 6.07) is 5.90. The Morgan fingerprint density at radius 3 is 2.93 bits per heavy atom. The van der Waals surface area contributed by atoms with Crippen LogP contribution >= 0.6 is 0 Å². The van der Waals surface area contributed by atoms with Gasteiger partial charge >= 0.3 is 0 Å². The molecule has 2 aromatic heterocycles. The van der Waals surface area contributed by atoms with Gasteiger partial charge < -0.3 is 9.88 Å². The Hall–Kier alpha value is -1.84. The second-order valence-electron chi connectivity index (χ2n) is 2.95. The van der Waals surface area contributed by atoms with Gasteiger partial charge in [0.2, 0.25) is 5.95 Å². The molecule has 0 fully saturated rings. The third-order valence-corrected chi connectivity index (χ3v) is 2.00. The standard InChI is InChI=1S/C10H12N4/c1-11-10-13-6-7-14(10)8-9-4-2-3-5-12-9/h2-7H,8H2,1H3,(H,11,13). The highest BCUT2D eigenvalue weighted by molar-refractivity contribution is 5.25. The molecule has 0 unspecified atom stereocenters. The normalized spacial score (nSPS) is 10.1. The summed E-state index contributed by atoms with van der Waals surface area (Å²) in [4.78, 5) is 8.41. The van der Waals surface area contributed by atoms with Crippen molar-refractivity contribution in [1.29, 1.82) is 0 Å². The monoisotopic (exact) mass is 188 g/mol. The first kappa shape index (κ1) is 8.74. The first-order valence-corrected chi connectivity index (χ1v) is 4.49. The quantitative estimate of drug-likeness (QED) is 0.791. The fourth-order valence-corrected chi connectivity index (χ4v) is 1.33. The lowest BCUT2D eigenvalue weighted by Crippen LogP contribution is -2.04. The number of imidazole rings is 1. The number of rotatable bonds is 3. The van der Waals surface area contributed by atoms with E-state index >= 15 is 0 Å². The summed E-state index contributed by atoms with van der Waals surface area (Å²) in [5.41, 5.74) is 1.03. The number of aromatic nitrogens is 3. The maximum atomic E-state index is 4.25. The molecule has 0 amide bonds. The summed E-state index contributed by atoms with van der Waals surface area (Å²) >= 11 is 0. The molecule has 0 radical (unpaired) electrons. The molecule has 1 N–H and O–H groups in total. The molecule has 14 heavy (non-hydrogen) atoms. The van der Waals surface area contributed by atoms with Crippen LogP contribution in [-0.4, -0.2) is 21.6 Å². The van der Waals surface area contributed by atoms with Crippen LogP contribution < -0.4 is 5.32 Å². The third-order valence-electron chi connectivity index (χ3n) is 2.00. The number of nitrogens with one attached hydrogen (secondary N) is 1. The van der Waals surface area contributed by atoms with E-state index in [0.717, 1.165) is 18.2 Å². The maximum Gasteiger partial charge on any atom is 0.202 e. The van der Waals surface area contributed by atoms with Gasteiger partial charge in [-0.1, -0.05) is 6.07 Å². The molecule has 4 nitrogen and oxygen atoms in total. The molecule has 0 spiro atoms. The molecule has 0 aliphatic carbocycles. The largest absolute Gasteiger partial charge is 0.359 e. The van der Waals surface area contributed by atoms with E-state index in [-0.39, 0.29) is 0 Å². The molecule has 0 saturated carbocycles. The zero-order chi connectivity index (χ0) is 9.80. The van der Waals surface area contributed by atoms with Crippen LogP contribution in [0.25, 0.3) is 0 Å². The van der Waals surface area contributed by atoms with Gasteiger partial charge in [0, 0.05) is 25.6 Å². The Balaban J connectivity index is 2.19. The topological polar surface area (TPSA) is 42.7 Å². The molecule has 0 saturated heterocycles. The first-order chi connectivity index (χ1) is 6.90. The Bertz CT molecular complexity index is 394. The van der Waals surface area contributed by atoms with Gasteiger partial charge in [-0.05, 0) is 12.1 Å². The fourth-order valence-electron chi connectivity index (χ4n) is 1.33. The van der Waals surface area contributed by atoms with Crippen molar-refractivity contribution in [2.24, 2.45) is 0 Å². The number of hydrogen-bond acceptors (Lipinski definition) is 3. The molecule has 0 aliphatic rings. The van der Waals surface area contributed by atoms with Crippen LogP contribution in [-0.2, 0) is 6.54 Å². The third kappa shape index (κ3) is 1.74. The highest BCUT2D eigenvalue weighted by Gasteiger charge is 2.00. The van der Waals surface area contributed by atoms with Gasteiger partial charge in [-0.25, -0.2) is 4.98 Å². The summed E-state index contributed by atoms with van der Waals surface area (Å²) in [5.74, 6) is 0.857. The highest BCUT2D eigenvalue weighted by atomic mass is 15.2. The van der Waals surface area contributed by atoms with E-state index < -0.39 is 0 Å². The van der Waals surface area contributed by atoms with Gasteiger partial charge in [-0.15, -0.1) is 0 Å². The van der Waals surface area contributed by atoms with Crippen LogP contribution in [0.3, 0.4) is 0 Å². The molecule has 2 heterocycles. The van der Waals surface area contributed by atoms with E-state index in [0.29, 0.717) is 0 Å². The molecule has 2 aromatic rings. The molecule has 0 aliphatic heterocycles. The minimum absolute atomic E-state index is 0.747. The molecule has 4 heteroatoms. The first-order valence-electron chi connectivity index (χ1n) is 4.49. The Morgan fingerprint density at radius 2 is 2.21 bits per heavy atom. The van der Waals surface area contributed by atoms with Gasteiger partial charge in [-0.3, -0.25) is 4.98 Å². The number of anilines is 1. The van der Waals surface area contributed by atoms with E-state index in [1.807, 2.05) is 36.0 Å². The molecule has 0 atom stereocenters. The van der Waals surface area contributed by atoms with Crippen LogP contribution in [0.1, 0.15) is 5.69 Å². The van der Waals surface area contributed by atoms with Gasteiger partial charge in [0.1, 0.15) is 0 Å². The summed E-state index contributed by atoms with van der Waals surface area (Å²) in [7, 11) is 1.86. The van der Waals surface area contributed by atoms with Crippen LogP contribution in [0.5, 0.6) is 0 Å². The summed E-state index contributed by atoms with van der Waals surface area (Å²) in [6.07, 6.45) is 5.50. The van der Waals surface area contributed by atoms with Crippen molar-refractivity contribution < 1.29 is 0 Å². The lowest BCUT2D eigenvalue weighted by Gasteiger charge is -2.05. The van der Waals surface area contributed by atoms with Crippen molar-refractivity contribution in [3.63, 3.8) is 0 Å². The zero-order valence-electron chi connectivity index (χ0n) is 8.01. The van der Waals surface area contributed by atoms with Gasteiger partial charge in [0.15, 0.2) is 0 Å². The molecule has 2 rings (SSSR count). The highest BCUT2D eigenvalue weighted by Crippen LogP contribution is 2.06. The molecule has 72 valence electrons. The predicted octanol–water partition coefficient (Wildman–Crippen LogP) is 1.37. The molecule has 0 aromatic carbocycles. The van der Waals surface area contributed by atoms with Gasteiger partial charge in [0.05, 0.1) is 12.2 Å². The van der Waals surface area contributed by atoms with Crippen molar-refractivity contribution in [3.8, 4) is 0 Å². The zero-order valence-corrected chi connectivity index (χ0v) is 8.01. The Labute approximate surface area is 82.6 Å². The molecule has 0 bridgehead atoms. The van der Waals surface area contributed by atoms with Crippen LogP contribution in [0.15, 0.2) is 36.8 Å². The predicted molar refractivity (Wildman–Crippen MR) is 55.1 cm³/mol. The van der Waals surface area contributed by atoms with Crippen molar-refractivity contribution in [1.82, 2.24) is 14.5 Å². The SMILES string of the molecule is CNc1nccn1Cc1ccccn1. The molecular weight excluding hydrogens is 176 g/mol. The van der Waals surface area contributed by atoms with E-state index in [1.165, 1.54) is 0 Å². The summed E-state index contributed by atoms with van der Waals surface area (Å²) < 4.78 is 2.02. The average molecular weight is 188 g/mol. The van der Waals surface area contributed by atoms with E-state index in [1.54, 1.807) is 12.4 Å². The van der Waals surface area contributed by atoms with Crippen LogP contribution in [0.4, 0.5) is 5.95 Å². The van der Waals surface area contributed by atoms with Crippen molar-refractivity contribution in [2.45, 2.75) is 6.54 Å². The number of pyridine rings is 1. The van der Waals surface area contributed by atoms with E-state index in [2.05, 4.69) is 15.3 Å². The Morgan fingerprint density at radius 1 is 1.29 bits per heavy atom. The van der Waals surface area contributed by atoms with Crippen LogP contribution in [0, 0.1) is 0 Å². The number of nitrogens with zero attached hydrogens (tertiary/aromatic N) is 3. The van der Waals surface area contributed by atoms with Crippen molar-refractivity contribution in [3.05, 3.63) is 42.5 Å². The minimum atomic E-state index is 0.747. The van der Waals surface area contributed by atoms with Gasteiger partial charge in [0.25, 0.3) is 0 Å². The van der Waals surface area contributed by atoms with Gasteiger partial charge in [-0.2, -0.15) is 0 Å². The molecular formula is C10H12N4. The summed E-state index contributed by atoms with van der Waals surface area (Å²) in [6.45, 7) is 0.747. The van der Waals surface area contributed by atoms with Crippen LogP contribution in [0.2, 0.25) is 0 Å². The smallest absolute Gasteiger partial charge is 0.202 e. The second kappa shape index (κ2) is 3.91. The van der Waals surface area contributed by atoms with Crippen molar-refractivity contribution >= 4 is 5.95 Å². The number of hydrogen-bond donors (Lipinski definition) is 1. The summed E-state index contributed by atoms with van der Waals surface area (Å²) in [5, 5.41) is 3.02. The Kier molecular flexibility index (Phi) is 2.44. The van der Waals surface area contributed by atoms with E-state index in [9.17, 15) is 0 Å². The lowest BCUT2D eigenvalue weighted by atomic mass is 10.3. The van der Waals surface area contributed by atoms with E-state index in [4.69, 9.17) is 0 Å². The van der Waals surface area contributed by atoms with Crippen molar-refractivity contribution in [2.75, 3.05) is 12.4 Å². The fraction of sp³-hybridized carbons (Fsp3) is 0.200. The lowest BCUT2D eigenvalue weighted by molar-refractivity contribution is 0.780. The maximum absolute atomic E-state index is 4.25. The minimum Gasteiger partial charge on any atom is -0.359 e.